The van der Waals surface area contributed by atoms with Crippen molar-refractivity contribution < 1.29 is 18.7 Å². The Kier molecular flexibility index (Phi) is 5.26. The van der Waals surface area contributed by atoms with Crippen LogP contribution in [0.15, 0.2) is 41.0 Å². The lowest BCUT2D eigenvalue weighted by Gasteiger charge is -2.11. The maximum Gasteiger partial charge on any atom is 0.224 e. The molecule has 1 N–H and O–H groups in total. The van der Waals surface area contributed by atoms with Gasteiger partial charge in [-0.25, -0.2) is 0 Å². The van der Waals surface area contributed by atoms with Crippen LogP contribution in [0.5, 0.6) is 11.5 Å². The number of aryl methyl sites for hydroxylation is 1. The maximum absolute atomic E-state index is 11.9. The van der Waals surface area contributed by atoms with E-state index in [-0.39, 0.29) is 5.91 Å². The van der Waals surface area contributed by atoms with Crippen LogP contribution in [0.2, 0.25) is 0 Å². The fourth-order valence-electron chi connectivity index (χ4n) is 1.94. The van der Waals surface area contributed by atoms with E-state index in [9.17, 15) is 4.79 Å². The van der Waals surface area contributed by atoms with Crippen molar-refractivity contribution in [3.8, 4) is 11.5 Å². The molecule has 0 radical (unpaired) electrons. The molecule has 2 aromatic rings. The Morgan fingerprint density at radius 2 is 2.14 bits per heavy atom. The summed E-state index contributed by atoms with van der Waals surface area (Å²) in [5, 5.41) is 2.83. The number of benzene rings is 1. The minimum atomic E-state index is -0.0717. The number of ether oxygens (including phenoxy) is 2. The monoisotopic (exact) mass is 289 g/mol. The van der Waals surface area contributed by atoms with Crippen molar-refractivity contribution >= 4 is 11.6 Å². The molecule has 0 atom stereocenters. The van der Waals surface area contributed by atoms with Crippen molar-refractivity contribution in [3.05, 3.63) is 42.4 Å². The van der Waals surface area contributed by atoms with E-state index in [2.05, 4.69) is 5.32 Å². The highest BCUT2D eigenvalue weighted by atomic mass is 16.5. The zero-order chi connectivity index (χ0) is 15.1. The van der Waals surface area contributed by atoms with Gasteiger partial charge in [0.2, 0.25) is 5.91 Å². The van der Waals surface area contributed by atoms with E-state index in [1.807, 2.05) is 19.1 Å². The van der Waals surface area contributed by atoms with Crippen LogP contribution in [0, 0.1) is 0 Å². The van der Waals surface area contributed by atoms with Crippen molar-refractivity contribution in [3.63, 3.8) is 0 Å². The second-order valence-corrected chi connectivity index (χ2v) is 4.43. The van der Waals surface area contributed by atoms with Crippen molar-refractivity contribution in [1.82, 2.24) is 0 Å². The second kappa shape index (κ2) is 7.38. The molecule has 1 amide bonds. The van der Waals surface area contributed by atoms with Gasteiger partial charge < -0.3 is 19.2 Å². The first-order chi connectivity index (χ1) is 10.2. The molecule has 0 aliphatic heterocycles. The molecule has 0 aliphatic carbocycles. The van der Waals surface area contributed by atoms with E-state index in [1.54, 1.807) is 31.6 Å². The van der Waals surface area contributed by atoms with Gasteiger partial charge in [-0.15, -0.1) is 0 Å². The van der Waals surface area contributed by atoms with Crippen molar-refractivity contribution in [2.24, 2.45) is 0 Å². The van der Waals surface area contributed by atoms with Crippen molar-refractivity contribution in [2.45, 2.75) is 19.8 Å². The van der Waals surface area contributed by atoms with E-state index in [1.165, 1.54) is 0 Å². The van der Waals surface area contributed by atoms with Crippen LogP contribution < -0.4 is 14.8 Å². The predicted molar refractivity (Wildman–Crippen MR) is 79.8 cm³/mol. The maximum atomic E-state index is 11.9. The zero-order valence-corrected chi connectivity index (χ0v) is 12.2. The van der Waals surface area contributed by atoms with Gasteiger partial charge in [0.15, 0.2) is 11.5 Å². The average molecular weight is 289 g/mol. The summed E-state index contributed by atoms with van der Waals surface area (Å²) < 4.78 is 15.9. The summed E-state index contributed by atoms with van der Waals surface area (Å²) in [5.74, 6) is 1.99. The largest absolute Gasteiger partial charge is 0.493 e. The number of furan rings is 1. The van der Waals surface area contributed by atoms with E-state index in [4.69, 9.17) is 13.9 Å². The Morgan fingerprint density at radius 3 is 2.81 bits per heavy atom. The number of rotatable bonds is 7. The number of nitrogens with one attached hydrogen (secondary N) is 1. The van der Waals surface area contributed by atoms with Crippen molar-refractivity contribution in [2.75, 3.05) is 19.0 Å². The quantitative estimate of drug-likeness (QED) is 0.850. The molecule has 112 valence electrons. The Hall–Kier alpha value is -2.43. The summed E-state index contributed by atoms with van der Waals surface area (Å²) >= 11 is 0. The molecule has 0 spiro atoms. The number of carbonyl (C=O) groups excluding carboxylic acids is 1. The van der Waals surface area contributed by atoms with Crippen molar-refractivity contribution in [1.29, 1.82) is 0 Å². The Morgan fingerprint density at radius 1 is 1.29 bits per heavy atom. The highest BCUT2D eigenvalue weighted by Gasteiger charge is 2.08. The summed E-state index contributed by atoms with van der Waals surface area (Å²) in [5.41, 5.74) is 0.680. The van der Waals surface area contributed by atoms with Gasteiger partial charge in [-0.1, -0.05) is 0 Å². The van der Waals surface area contributed by atoms with Gasteiger partial charge in [-0.05, 0) is 31.2 Å². The number of methoxy groups -OCH3 is 1. The number of amides is 1. The van der Waals surface area contributed by atoms with Crippen LogP contribution in [0.25, 0.3) is 0 Å². The fourth-order valence-corrected chi connectivity index (χ4v) is 1.94. The lowest BCUT2D eigenvalue weighted by molar-refractivity contribution is -0.116. The SMILES string of the molecule is CCOc1ccc(NC(=O)CCc2ccco2)cc1OC. The van der Waals surface area contributed by atoms with Gasteiger partial charge in [0.1, 0.15) is 5.76 Å². The number of carbonyl (C=O) groups is 1. The lowest BCUT2D eigenvalue weighted by atomic mass is 10.2. The standard InChI is InChI=1S/C16H19NO4/c1-3-20-14-8-6-12(11-15(14)19-2)17-16(18)9-7-13-5-4-10-21-13/h4-6,8,10-11H,3,7,9H2,1-2H3,(H,17,18). The summed E-state index contributed by atoms with van der Waals surface area (Å²) in [6.07, 6.45) is 2.54. The number of anilines is 1. The van der Waals surface area contributed by atoms with Gasteiger partial charge >= 0.3 is 0 Å². The molecular weight excluding hydrogens is 270 g/mol. The second-order valence-electron chi connectivity index (χ2n) is 4.43. The Balaban J connectivity index is 1.93. The Bertz CT molecular complexity index is 578. The van der Waals surface area contributed by atoms with E-state index >= 15 is 0 Å². The molecule has 0 saturated carbocycles. The molecule has 0 aliphatic rings. The molecular formula is C16H19NO4. The molecule has 0 saturated heterocycles. The molecule has 5 nitrogen and oxygen atoms in total. The Labute approximate surface area is 123 Å². The minimum absolute atomic E-state index is 0.0717. The zero-order valence-electron chi connectivity index (χ0n) is 12.2. The molecule has 0 unspecified atom stereocenters. The van der Waals surface area contributed by atoms with Crippen LogP contribution in [0.1, 0.15) is 19.1 Å². The average Bonchev–Trinajstić information content (AvgIpc) is 3.00. The van der Waals surface area contributed by atoms with E-state index in [0.717, 1.165) is 5.76 Å². The number of hydrogen-bond acceptors (Lipinski definition) is 4. The van der Waals surface area contributed by atoms with Gasteiger partial charge in [0, 0.05) is 24.6 Å². The van der Waals surface area contributed by atoms with Crippen LogP contribution in [-0.2, 0) is 11.2 Å². The highest BCUT2D eigenvalue weighted by molar-refractivity contribution is 5.91. The first-order valence-corrected chi connectivity index (χ1v) is 6.86. The smallest absolute Gasteiger partial charge is 0.224 e. The lowest BCUT2D eigenvalue weighted by Crippen LogP contribution is -2.12. The van der Waals surface area contributed by atoms with Crippen LogP contribution >= 0.6 is 0 Å². The molecule has 0 fully saturated rings. The topological polar surface area (TPSA) is 60.7 Å². The predicted octanol–water partition coefficient (Wildman–Crippen LogP) is 3.26. The molecule has 5 heteroatoms. The summed E-state index contributed by atoms with van der Waals surface area (Å²) in [6, 6.07) is 8.98. The minimum Gasteiger partial charge on any atom is -0.493 e. The molecule has 21 heavy (non-hydrogen) atoms. The van der Waals surface area contributed by atoms with Crippen LogP contribution in [0.3, 0.4) is 0 Å². The molecule has 1 aromatic heterocycles. The van der Waals surface area contributed by atoms with Crippen LogP contribution in [-0.4, -0.2) is 19.6 Å². The van der Waals surface area contributed by atoms with E-state index in [0.29, 0.717) is 36.6 Å². The van der Waals surface area contributed by atoms with Gasteiger partial charge in [-0.3, -0.25) is 4.79 Å². The summed E-state index contributed by atoms with van der Waals surface area (Å²) in [6.45, 7) is 2.47. The first kappa shape index (κ1) is 15.0. The molecule has 1 heterocycles. The molecule has 2 rings (SSSR count). The van der Waals surface area contributed by atoms with Gasteiger partial charge in [0.05, 0.1) is 20.0 Å². The third-order valence-electron chi connectivity index (χ3n) is 2.93. The fraction of sp³-hybridized carbons (Fsp3) is 0.312. The van der Waals surface area contributed by atoms with E-state index < -0.39 is 0 Å². The summed E-state index contributed by atoms with van der Waals surface area (Å²) in [7, 11) is 1.57. The first-order valence-electron chi connectivity index (χ1n) is 6.86. The van der Waals surface area contributed by atoms with Gasteiger partial charge in [0.25, 0.3) is 0 Å². The third-order valence-corrected chi connectivity index (χ3v) is 2.93. The van der Waals surface area contributed by atoms with Crippen LogP contribution in [0.4, 0.5) is 5.69 Å². The molecule has 1 aromatic carbocycles. The molecule has 0 bridgehead atoms. The third kappa shape index (κ3) is 4.27. The highest BCUT2D eigenvalue weighted by Crippen LogP contribution is 2.30. The van der Waals surface area contributed by atoms with Gasteiger partial charge in [-0.2, -0.15) is 0 Å². The summed E-state index contributed by atoms with van der Waals surface area (Å²) in [4.78, 5) is 11.9. The normalized spacial score (nSPS) is 10.2. The number of hydrogen-bond donors (Lipinski definition) is 1.